The fourth-order valence-electron chi connectivity index (χ4n) is 2.17. The Hall–Kier alpha value is -0.740. The molecule has 0 aliphatic rings. The van der Waals surface area contributed by atoms with Crippen molar-refractivity contribution >= 4 is 15.9 Å². The molecule has 0 spiro atoms. The summed E-state index contributed by atoms with van der Waals surface area (Å²) >= 11 is 3.54. The van der Waals surface area contributed by atoms with E-state index in [4.69, 9.17) is 9.47 Å². The summed E-state index contributed by atoms with van der Waals surface area (Å²) in [7, 11) is 1.68. The molecule has 1 aromatic carbocycles. The van der Waals surface area contributed by atoms with E-state index in [0.29, 0.717) is 6.61 Å². The fraction of sp³-hybridized carbons (Fsp3) is 0.647. The van der Waals surface area contributed by atoms with Gasteiger partial charge in [-0.15, -0.1) is 0 Å². The van der Waals surface area contributed by atoms with Crippen LogP contribution in [-0.4, -0.2) is 20.3 Å². The van der Waals surface area contributed by atoms with Crippen LogP contribution in [0.25, 0.3) is 0 Å². The van der Waals surface area contributed by atoms with E-state index < -0.39 is 0 Å². The zero-order chi connectivity index (χ0) is 15.5. The van der Waals surface area contributed by atoms with Crippen LogP contribution in [0.2, 0.25) is 0 Å². The van der Waals surface area contributed by atoms with Crippen LogP contribution < -0.4 is 14.8 Å². The second-order valence-electron chi connectivity index (χ2n) is 5.18. The van der Waals surface area contributed by atoms with Crippen LogP contribution in [0.3, 0.4) is 0 Å². The van der Waals surface area contributed by atoms with Crippen molar-refractivity contribution in [3.05, 3.63) is 22.2 Å². The van der Waals surface area contributed by atoms with Crippen LogP contribution in [0.4, 0.5) is 0 Å². The third kappa shape index (κ3) is 6.70. The maximum atomic E-state index is 5.87. The molecule has 0 fully saturated rings. The van der Waals surface area contributed by atoms with E-state index in [2.05, 4.69) is 41.2 Å². The Morgan fingerprint density at radius 1 is 1.10 bits per heavy atom. The van der Waals surface area contributed by atoms with Gasteiger partial charge >= 0.3 is 0 Å². The smallest absolute Gasteiger partial charge is 0.165 e. The first-order chi connectivity index (χ1) is 10.2. The molecule has 0 amide bonds. The Balaban J connectivity index is 2.63. The molecule has 0 saturated heterocycles. The van der Waals surface area contributed by atoms with Crippen LogP contribution in [-0.2, 0) is 6.54 Å². The summed E-state index contributed by atoms with van der Waals surface area (Å²) < 4.78 is 12.3. The van der Waals surface area contributed by atoms with Crippen molar-refractivity contribution in [3.8, 4) is 11.5 Å². The topological polar surface area (TPSA) is 30.5 Å². The zero-order valence-corrected chi connectivity index (χ0v) is 15.1. The zero-order valence-electron chi connectivity index (χ0n) is 13.5. The Morgan fingerprint density at radius 3 is 2.57 bits per heavy atom. The molecule has 0 unspecified atom stereocenters. The summed E-state index contributed by atoms with van der Waals surface area (Å²) in [5.41, 5.74) is 1.14. The number of ether oxygens (including phenoxy) is 2. The van der Waals surface area contributed by atoms with Gasteiger partial charge in [0.2, 0.25) is 0 Å². The standard InChI is InChI=1S/C17H28BrNO2/c1-4-6-7-8-9-19-13-14-11-15(18)12-16(20-3)17(14)21-10-5-2/h11-12,19H,4-10,13H2,1-3H3. The lowest BCUT2D eigenvalue weighted by atomic mass is 10.1. The predicted molar refractivity (Wildman–Crippen MR) is 92.3 cm³/mol. The van der Waals surface area contributed by atoms with Gasteiger partial charge in [0.25, 0.3) is 0 Å². The van der Waals surface area contributed by atoms with Gasteiger partial charge in [-0.05, 0) is 31.5 Å². The normalized spacial score (nSPS) is 10.7. The first-order valence-electron chi connectivity index (χ1n) is 7.92. The van der Waals surface area contributed by atoms with E-state index in [-0.39, 0.29) is 0 Å². The van der Waals surface area contributed by atoms with E-state index in [9.17, 15) is 0 Å². The van der Waals surface area contributed by atoms with E-state index in [1.807, 2.05) is 6.07 Å². The van der Waals surface area contributed by atoms with E-state index >= 15 is 0 Å². The minimum absolute atomic E-state index is 0.710. The van der Waals surface area contributed by atoms with Gasteiger partial charge in [0, 0.05) is 16.6 Å². The first-order valence-corrected chi connectivity index (χ1v) is 8.72. The van der Waals surface area contributed by atoms with Crippen molar-refractivity contribution in [2.75, 3.05) is 20.3 Å². The maximum absolute atomic E-state index is 5.87. The molecule has 0 bridgehead atoms. The number of methoxy groups -OCH3 is 1. The second-order valence-corrected chi connectivity index (χ2v) is 6.10. The van der Waals surface area contributed by atoms with Crippen LogP contribution >= 0.6 is 15.9 Å². The lowest BCUT2D eigenvalue weighted by Gasteiger charge is -2.16. The molecule has 0 aliphatic carbocycles. The Kier molecular flexibility index (Phi) is 9.51. The monoisotopic (exact) mass is 357 g/mol. The van der Waals surface area contributed by atoms with Gasteiger partial charge in [-0.3, -0.25) is 0 Å². The number of hydrogen-bond acceptors (Lipinski definition) is 3. The average molecular weight is 358 g/mol. The molecule has 1 N–H and O–H groups in total. The van der Waals surface area contributed by atoms with Crippen molar-refractivity contribution in [2.24, 2.45) is 0 Å². The molecule has 21 heavy (non-hydrogen) atoms. The van der Waals surface area contributed by atoms with Gasteiger partial charge in [-0.2, -0.15) is 0 Å². The van der Waals surface area contributed by atoms with Crippen molar-refractivity contribution in [1.29, 1.82) is 0 Å². The molecule has 0 aromatic heterocycles. The molecule has 4 heteroatoms. The third-order valence-electron chi connectivity index (χ3n) is 3.29. The van der Waals surface area contributed by atoms with Crippen LogP contribution in [0, 0.1) is 0 Å². The number of nitrogens with one attached hydrogen (secondary N) is 1. The molecule has 3 nitrogen and oxygen atoms in total. The molecule has 120 valence electrons. The number of rotatable bonds is 11. The van der Waals surface area contributed by atoms with Crippen molar-refractivity contribution in [2.45, 2.75) is 52.5 Å². The number of hydrogen-bond donors (Lipinski definition) is 1. The highest BCUT2D eigenvalue weighted by Crippen LogP contribution is 2.35. The highest BCUT2D eigenvalue weighted by Gasteiger charge is 2.12. The van der Waals surface area contributed by atoms with Gasteiger partial charge in [0.1, 0.15) is 0 Å². The fourth-order valence-corrected chi connectivity index (χ4v) is 2.66. The molecular formula is C17H28BrNO2. The Labute approximate surface area is 137 Å². The van der Waals surface area contributed by atoms with Gasteiger partial charge < -0.3 is 14.8 Å². The molecule has 1 aromatic rings. The molecule has 0 aliphatic heterocycles. The Bertz CT molecular complexity index is 410. The molecule has 0 atom stereocenters. The molecule has 1 rings (SSSR count). The highest BCUT2D eigenvalue weighted by molar-refractivity contribution is 9.10. The van der Waals surface area contributed by atoms with Gasteiger partial charge in [-0.25, -0.2) is 0 Å². The summed E-state index contributed by atoms with van der Waals surface area (Å²) in [6, 6.07) is 4.06. The summed E-state index contributed by atoms with van der Waals surface area (Å²) in [5.74, 6) is 1.66. The lowest BCUT2D eigenvalue weighted by Crippen LogP contribution is -2.16. The summed E-state index contributed by atoms with van der Waals surface area (Å²) in [6.45, 7) is 6.90. The lowest BCUT2D eigenvalue weighted by molar-refractivity contribution is 0.290. The first kappa shape index (κ1) is 18.3. The number of unbranched alkanes of at least 4 members (excludes halogenated alkanes) is 3. The average Bonchev–Trinajstić information content (AvgIpc) is 2.49. The molecule has 0 saturated carbocycles. The van der Waals surface area contributed by atoms with Crippen molar-refractivity contribution in [1.82, 2.24) is 5.32 Å². The maximum Gasteiger partial charge on any atom is 0.165 e. The van der Waals surface area contributed by atoms with Crippen LogP contribution in [0.1, 0.15) is 51.5 Å². The number of halogens is 1. The summed E-state index contributed by atoms with van der Waals surface area (Å²) in [4.78, 5) is 0. The van der Waals surface area contributed by atoms with Crippen LogP contribution in [0.5, 0.6) is 11.5 Å². The van der Waals surface area contributed by atoms with Gasteiger partial charge in [0.15, 0.2) is 11.5 Å². The largest absolute Gasteiger partial charge is 0.493 e. The minimum Gasteiger partial charge on any atom is -0.493 e. The minimum atomic E-state index is 0.710. The molecule has 0 radical (unpaired) electrons. The molecular weight excluding hydrogens is 330 g/mol. The molecule has 0 heterocycles. The highest BCUT2D eigenvalue weighted by atomic mass is 79.9. The third-order valence-corrected chi connectivity index (χ3v) is 3.75. The van der Waals surface area contributed by atoms with Gasteiger partial charge in [-0.1, -0.05) is 49.0 Å². The van der Waals surface area contributed by atoms with E-state index in [0.717, 1.165) is 41.0 Å². The van der Waals surface area contributed by atoms with Crippen molar-refractivity contribution < 1.29 is 9.47 Å². The summed E-state index contributed by atoms with van der Waals surface area (Å²) in [6.07, 6.45) is 6.10. The quantitative estimate of drug-likeness (QED) is 0.570. The Morgan fingerprint density at radius 2 is 1.90 bits per heavy atom. The van der Waals surface area contributed by atoms with E-state index in [1.54, 1.807) is 7.11 Å². The van der Waals surface area contributed by atoms with Crippen molar-refractivity contribution in [3.63, 3.8) is 0 Å². The second kappa shape index (κ2) is 10.9. The summed E-state index contributed by atoms with van der Waals surface area (Å²) in [5, 5.41) is 3.50. The number of benzene rings is 1. The predicted octanol–water partition coefficient (Wildman–Crippen LogP) is 4.92. The van der Waals surface area contributed by atoms with Gasteiger partial charge in [0.05, 0.1) is 13.7 Å². The van der Waals surface area contributed by atoms with E-state index in [1.165, 1.54) is 25.7 Å². The van der Waals surface area contributed by atoms with Crippen LogP contribution in [0.15, 0.2) is 16.6 Å². The SMILES string of the molecule is CCCCCCNCc1cc(Br)cc(OC)c1OCCC.